The highest BCUT2D eigenvalue weighted by atomic mass is 16.5. The summed E-state index contributed by atoms with van der Waals surface area (Å²) in [6.45, 7) is 0.662. The predicted molar refractivity (Wildman–Crippen MR) is 56.7 cm³/mol. The second-order valence-electron chi connectivity index (χ2n) is 3.21. The second-order valence-corrected chi connectivity index (χ2v) is 3.21. The zero-order valence-corrected chi connectivity index (χ0v) is 8.77. The fraction of sp³-hybridized carbons (Fsp3) is 0.364. The Balaban J connectivity index is 2.26. The predicted octanol–water partition coefficient (Wildman–Crippen LogP) is 1.80. The van der Waals surface area contributed by atoms with E-state index in [2.05, 4.69) is 4.99 Å². The van der Waals surface area contributed by atoms with Gasteiger partial charge in [0.25, 0.3) is 0 Å². The van der Waals surface area contributed by atoms with Gasteiger partial charge in [-0.1, -0.05) is 6.07 Å². The van der Waals surface area contributed by atoms with Crippen LogP contribution in [-0.2, 0) is 4.74 Å². The van der Waals surface area contributed by atoms with Crippen LogP contribution < -0.4 is 9.47 Å². The summed E-state index contributed by atoms with van der Waals surface area (Å²) in [5, 5.41) is 0. The van der Waals surface area contributed by atoms with Crippen molar-refractivity contribution in [2.75, 3.05) is 20.8 Å². The van der Waals surface area contributed by atoms with Crippen LogP contribution >= 0.6 is 0 Å². The molecule has 0 bridgehead atoms. The largest absolute Gasteiger partial charge is 0.493 e. The fourth-order valence-corrected chi connectivity index (χ4v) is 1.54. The van der Waals surface area contributed by atoms with Crippen molar-refractivity contribution in [1.29, 1.82) is 0 Å². The molecule has 0 spiro atoms. The van der Waals surface area contributed by atoms with Crippen molar-refractivity contribution in [3.8, 4) is 11.5 Å². The van der Waals surface area contributed by atoms with E-state index < -0.39 is 0 Å². The van der Waals surface area contributed by atoms with Crippen LogP contribution in [0.3, 0.4) is 0 Å². The number of hydrogen-bond acceptors (Lipinski definition) is 4. The molecule has 0 aliphatic carbocycles. The van der Waals surface area contributed by atoms with Crippen LogP contribution in [0.15, 0.2) is 23.2 Å². The molecule has 80 valence electrons. The molecule has 4 heteroatoms. The molecule has 1 aromatic carbocycles. The quantitative estimate of drug-likeness (QED) is 0.758. The van der Waals surface area contributed by atoms with E-state index in [-0.39, 0.29) is 6.10 Å². The second kappa shape index (κ2) is 4.21. The van der Waals surface area contributed by atoms with Crippen LogP contribution in [0.5, 0.6) is 11.5 Å². The Morgan fingerprint density at radius 1 is 1.27 bits per heavy atom. The van der Waals surface area contributed by atoms with Gasteiger partial charge in [-0.15, -0.1) is 0 Å². The molecule has 0 amide bonds. The molecule has 1 heterocycles. The van der Waals surface area contributed by atoms with E-state index in [1.807, 2.05) is 18.2 Å². The van der Waals surface area contributed by atoms with E-state index in [0.717, 1.165) is 11.3 Å². The Bertz CT molecular complexity index is 368. The third kappa shape index (κ3) is 1.88. The molecule has 0 saturated heterocycles. The van der Waals surface area contributed by atoms with Gasteiger partial charge in [0.1, 0.15) is 6.10 Å². The number of benzene rings is 1. The minimum atomic E-state index is 0.00445. The monoisotopic (exact) mass is 207 g/mol. The van der Waals surface area contributed by atoms with Gasteiger partial charge < -0.3 is 14.2 Å². The van der Waals surface area contributed by atoms with Crippen molar-refractivity contribution in [2.45, 2.75) is 6.10 Å². The highest BCUT2D eigenvalue weighted by Crippen LogP contribution is 2.31. The number of nitrogens with zero attached hydrogens (tertiary/aromatic N) is 1. The molecule has 15 heavy (non-hydrogen) atoms. The number of rotatable bonds is 3. The van der Waals surface area contributed by atoms with E-state index in [1.165, 1.54) is 6.40 Å². The average Bonchev–Trinajstić information content (AvgIpc) is 2.81. The van der Waals surface area contributed by atoms with Crippen molar-refractivity contribution in [2.24, 2.45) is 4.99 Å². The summed E-state index contributed by atoms with van der Waals surface area (Å²) in [5.74, 6) is 1.44. The molecule has 1 atom stereocenters. The molecule has 1 aromatic rings. The van der Waals surface area contributed by atoms with Crippen LogP contribution in [0.2, 0.25) is 0 Å². The molecule has 1 aliphatic heterocycles. The fourth-order valence-electron chi connectivity index (χ4n) is 1.54. The minimum absolute atomic E-state index is 0.00445. The van der Waals surface area contributed by atoms with E-state index >= 15 is 0 Å². The molecule has 1 unspecified atom stereocenters. The molecule has 0 aromatic heterocycles. The topological polar surface area (TPSA) is 40.0 Å². The third-order valence-corrected chi connectivity index (χ3v) is 2.35. The molecular weight excluding hydrogens is 194 g/mol. The van der Waals surface area contributed by atoms with Gasteiger partial charge in [0.2, 0.25) is 0 Å². The molecule has 1 aliphatic rings. The SMILES string of the molecule is COc1ccc(C2CN=CO2)cc1OC. The lowest BCUT2D eigenvalue weighted by Gasteiger charge is -2.12. The molecular formula is C11H13NO3. The molecule has 0 saturated carbocycles. The third-order valence-electron chi connectivity index (χ3n) is 2.35. The van der Waals surface area contributed by atoms with Gasteiger partial charge in [-0.3, -0.25) is 4.99 Å². The summed E-state index contributed by atoms with van der Waals surface area (Å²) in [6.07, 6.45) is 1.49. The summed E-state index contributed by atoms with van der Waals surface area (Å²) in [4.78, 5) is 4.02. The van der Waals surface area contributed by atoms with Gasteiger partial charge >= 0.3 is 0 Å². The van der Waals surface area contributed by atoms with Crippen LogP contribution in [0, 0.1) is 0 Å². The molecule has 4 nitrogen and oxygen atoms in total. The summed E-state index contributed by atoms with van der Waals surface area (Å²) in [5.41, 5.74) is 1.05. The normalized spacial score (nSPS) is 18.7. The Kier molecular flexibility index (Phi) is 2.76. The first kappa shape index (κ1) is 9.83. The smallest absolute Gasteiger partial charge is 0.170 e. The van der Waals surface area contributed by atoms with E-state index in [9.17, 15) is 0 Å². The molecule has 0 fully saturated rings. The van der Waals surface area contributed by atoms with Crippen molar-refractivity contribution < 1.29 is 14.2 Å². The Morgan fingerprint density at radius 2 is 2.07 bits per heavy atom. The first-order chi connectivity index (χ1) is 7.35. The maximum atomic E-state index is 5.32. The Morgan fingerprint density at radius 3 is 2.67 bits per heavy atom. The molecule has 0 radical (unpaired) electrons. The summed E-state index contributed by atoms with van der Waals surface area (Å²) in [7, 11) is 3.24. The lowest BCUT2D eigenvalue weighted by atomic mass is 10.1. The van der Waals surface area contributed by atoms with Crippen molar-refractivity contribution in [3.63, 3.8) is 0 Å². The Hall–Kier alpha value is -1.71. The highest BCUT2D eigenvalue weighted by Gasteiger charge is 2.17. The van der Waals surface area contributed by atoms with Gasteiger partial charge in [-0.2, -0.15) is 0 Å². The van der Waals surface area contributed by atoms with Crippen molar-refractivity contribution >= 4 is 6.40 Å². The van der Waals surface area contributed by atoms with Gasteiger partial charge in [-0.25, -0.2) is 0 Å². The van der Waals surface area contributed by atoms with Crippen LogP contribution in [0.25, 0.3) is 0 Å². The van der Waals surface area contributed by atoms with Gasteiger partial charge in [0.15, 0.2) is 17.9 Å². The average molecular weight is 207 g/mol. The van der Waals surface area contributed by atoms with E-state index in [4.69, 9.17) is 14.2 Å². The van der Waals surface area contributed by atoms with Gasteiger partial charge in [0, 0.05) is 0 Å². The number of hydrogen-bond donors (Lipinski definition) is 0. The number of methoxy groups -OCH3 is 2. The first-order valence-corrected chi connectivity index (χ1v) is 4.71. The van der Waals surface area contributed by atoms with Crippen molar-refractivity contribution in [1.82, 2.24) is 0 Å². The van der Waals surface area contributed by atoms with Crippen LogP contribution in [0.1, 0.15) is 11.7 Å². The standard InChI is InChI=1S/C11H13NO3/c1-13-9-4-3-8(5-10(9)14-2)11-6-12-7-15-11/h3-5,7,11H,6H2,1-2H3. The van der Waals surface area contributed by atoms with Gasteiger partial charge in [0.05, 0.1) is 20.8 Å². The molecule has 0 N–H and O–H groups in total. The number of aliphatic imine (C=N–C) groups is 1. The maximum absolute atomic E-state index is 5.32. The summed E-state index contributed by atoms with van der Waals surface area (Å²) in [6, 6.07) is 5.74. The van der Waals surface area contributed by atoms with Crippen LogP contribution in [0.4, 0.5) is 0 Å². The van der Waals surface area contributed by atoms with Gasteiger partial charge in [-0.05, 0) is 17.7 Å². The summed E-state index contributed by atoms with van der Waals surface area (Å²) >= 11 is 0. The van der Waals surface area contributed by atoms with E-state index in [1.54, 1.807) is 14.2 Å². The first-order valence-electron chi connectivity index (χ1n) is 4.71. The van der Waals surface area contributed by atoms with Crippen LogP contribution in [-0.4, -0.2) is 27.2 Å². The maximum Gasteiger partial charge on any atom is 0.170 e. The zero-order valence-electron chi connectivity index (χ0n) is 8.77. The lowest BCUT2D eigenvalue weighted by Crippen LogP contribution is -2.01. The Labute approximate surface area is 88.5 Å². The van der Waals surface area contributed by atoms with E-state index in [0.29, 0.717) is 12.3 Å². The summed E-state index contributed by atoms with van der Waals surface area (Å²) < 4.78 is 15.7. The zero-order chi connectivity index (χ0) is 10.7. The van der Waals surface area contributed by atoms with Crippen molar-refractivity contribution in [3.05, 3.63) is 23.8 Å². The molecule has 2 rings (SSSR count). The lowest BCUT2D eigenvalue weighted by molar-refractivity contribution is 0.239. The minimum Gasteiger partial charge on any atom is -0.493 e. The highest BCUT2D eigenvalue weighted by molar-refractivity contribution is 5.51. The number of ether oxygens (including phenoxy) is 3.